The highest BCUT2D eigenvalue weighted by Crippen LogP contribution is 2.26. The maximum Gasteiger partial charge on any atom is 0.246 e. The van der Waals surface area contributed by atoms with E-state index in [4.69, 9.17) is 5.73 Å². The number of phenolic OH excluding ortho intramolecular Hbond substituents is 1. The second-order valence-corrected chi connectivity index (χ2v) is 33.6. The normalized spacial score (nSPS) is 15.5. The number of aromatic amines is 1. The molecule has 33 nitrogen and oxygen atoms in total. The molecule has 18 N–H and O–H groups in total. The molecule has 0 radical (unpaired) electrons. The Morgan fingerprint density at radius 3 is 1.54 bits per heavy atom. The number of unbranched alkanes of at least 4 members (excludes halogenated alkanes) is 5. The van der Waals surface area contributed by atoms with E-state index < -0.39 is 190 Å². The van der Waals surface area contributed by atoms with Gasteiger partial charge in [-0.1, -0.05) is 134 Å². The van der Waals surface area contributed by atoms with Gasteiger partial charge in [0.25, 0.3) is 0 Å². The summed E-state index contributed by atoms with van der Waals surface area (Å²) in [4.78, 5) is 224. The van der Waals surface area contributed by atoms with Crippen molar-refractivity contribution in [1.29, 1.82) is 0 Å². The number of rotatable bonds is 54. The van der Waals surface area contributed by atoms with Crippen molar-refractivity contribution in [2.45, 2.75) is 298 Å². The lowest BCUT2D eigenvalue weighted by molar-refractivity contribution is -0.140. The van der Waals surface area contributed by atoms with Crippen LogP contribution in [0.3, 0.4) is 0 Å². The number of H-pyrrole nitrogens is 1. The Kier molecular flexibility index (Phi) is 42.5. The number of phenols is 1. The van der Waals surface area contributed by atoms with E-state index in [1.807, 2.05) is 52.0 Å². The van der Waals surface area contributed by atoms with E-state index in [0.717, 1.165) is 43.0 Å². The number of carbonyl (C=O) groups is 16. The third-order valence-electron chi connectivity index (χ3n) is 21.0. The SMILES string of the molecule is CCCCCC/C=C/CCC[C@](C)(NC(=O)[C@@H](CCC(=O)[C@H](Cc1c[nH]c2ccccc12)NC(=O)[C@H](Cc1ccc(O)cc1)NC(=O)C(C)NC(=O)C(C)(C)NC(=O)[C@H](Cc1ccccc1)NC(=O)[C@@H](NC(=O)[C@H](CC(C)C)NC(C)=O)[C@@H](C)O)CC(C)C)C(=O)NC(C)C(=O)N[C@@H](C)C(=O)NC(C)C(=O)N[C@@H](C)C(=O)C(=O)[C@H](C)NC[C@H](C)C(N)=O. The Morgan fingerprint density at radius 1 is 0.475 bits per heavy atom. The molecule has 0 aliphatic heterocycles. The van der Waals surface area contributed by atoms with Crippen molar-refractivity contribution in [2.24, 2.45) is 29.4 Å². The van der Waals surface area contributed by atoms with Crippen LogP contribution in [-0.4, -0.2) is 200 Å². The van der Waals surface area contributed by atoms with Crippen molar-refractivity contribution in [1.82, 2.24) is 74.1 Å². The summed E-state index contributed by atoms with van der Waals surface area (Å²) in [7, 11) is 0. The van der Waals surface area contributed by atoms with Crippen LogP contribution >= 0.6 is 0 Å². The smallest absolute Gasteiger partial charge is 0.246 e. The number of hydrogen-bond donors (Lipinski definition) is 17. The number of fused-ring (bicyclic) bond motifs is 1. The Morgan fingerprint density at radius 2 is 0.975 bits per heavy atom. The summed E-state index contributed by atoms with van der Waals surface area (Å²) in [6, 6.07) is 7.17. The number of hydrogen-bond acceptors (Lipinski definition) is 19. The lowest BCUT2D eigenvalue weighted by atomic mass is 9.87. The van der Waals surface area contributed by atoms with Crippen LogP contribution in [0.2, 0.25) is 0 Å². The van der Waals surface area contributed by atoms with Gasteiger partial charge in [0.05, 0.1) is 24.2 Å². The second kappa shape index (κ2) is 50.3. The van der Waals surface area contributed by atoms with Crippen LogP contribution in [-0.2, 0) is 96.0 Å². The van der Waals surface area contributed by atoms with Crippen LogP contribution in [0, 0.1) is 23.7 Å². The van der Waals surface area contributed by atoms with Crippen molar-refractivity contribution >= 4 is 105 Å². The van der Waals surface area contributed by atoms with E-state index in [9.17, 15) is 72.5 Å². The van der Waals surface area contributed by atoms with Gasteiger partial charge < -0.3 is 90.0 Å². The van der Waals surface area contributed by atoms with E-state index in [-0.39, 0.29) is 75.5 Å². The molecule has 33 heteroatoms. The average molecular weight is 1700 g/mol. The summed E-state index contributed by atoms with van der Waals surface area (Å²) in [5.41, 5.74) is 4.18. The van der Waals surface area contributed by atoms with Crippen LogP contribution < -0.4 is 74.9 Å². The highest BCUT2D eigenvalue weighted by Gasteiger charge is 2.41. The predicted molar refractivity (Wildman–Crippen MR) is 462 cm³/mol. The van der Waals surface area contributed by atoms with E-state index in [1.54, 1.807) is 49.5 Å². The number of aromatic nitrogens is 1. The van der Waals surface area contributed by atoms with Gasteiger partial charge in [-0.15, -0.1) is 0 Å². The summed E-state index contributed by atoms with van der Waals surface area (Å²) >= 11 is 0. The fraction of sp³-hybridized carbons (Fsp3) is 0.573. The molecule has 0 fully saturated rings. The minimum Gasteiger partial charge on any atom is -0.508 e. The summed E-state index contributed by atoms with van der Waals surface area (Å²) in [5.74, 6) is -14.2. The number of nitrogens with two attached hydrogens (primary N) is 1. The first-order valence-electron chi connectivity index (χ1n) is 42.3. The topological polar surface area (TPSA) is 512 Å². The average Bonchev–Trinajstić information content (AvgIpc) is 0.831. The number of nitrogens with one attached hydrogen (secondary N) is 14. The first-order valence-corrected chi connectivity index (χ1v) is 42.3. The number of Topliss-reactive ketones (excluding diaryl/α,β-unsaturated/α-hetero) is 3. The third kappa shape index (κ3) is 34.7. The molecular weight excluding hydrogens is 1570 g/mol. The standard InChI is InChI=1S/C89H133N15O18/c1-18-19-20-21-22-23-24-25-31-42-89(17,87(122)97-57(11)79(114)95-56(10)78(113)94-55(9)77(112)93-54(8)75(110)74(109)53(7)91-48-52(6)76(90)111)104-81(116)63(43-50(2)3)38-41-72(108)68(47-64-49-92-67-35-30-29-34-66(64)67)99-82(117)70(46-62-36-39-65(107)40-37-62)100-80(115)58(12)96-86(121)88(15,16)103-84(119)71(45-61-32-27-26-28-33-61)101-85(120)73(59(13)105)102-83(118)69(44-51(4)5)98-60(14)106/h23-24,26-30,32-37,39-40,49-59,63,68-71,73,91-92,105,107H,18-22,25,31,38,41-48H2,1-17H3,(H2,90,111)(H,93,112)(H,94,113)(H,95,114)(H,96,121)(H,97,122)(H,98,106)(H,99,117)(H,100,115)(H,101,120)(H,102,118)(H,103,119)(H,104,116)/b24-23+/t52-,53-,54-,55?,56-,57?,58?,59+,63-,68-,69-,70-,71-,73-,89-/m0/s1. The van der Waals surface area contributed by atoms with Gasteiger partial charge in [0.1, 0.15) is 65.2 Å². The molecule has 0 aliphatic rings. The quantitative estimate of drug-likeness (QED) is 0.0169. The lowest BCUT2D eigenvalue weighted by Crippen LogP contribution is -2.64. The minimum absolute atomic E-state index is 0.0275. The molecule has 0 saturated carbocycles. The zero-order valence-corrected chi connectivity index (χ0v) is 73.8. The number of aliphatic hydroxyl groups is 1. The molecule has 4 aromatic rings. The number of aliphatic hydroxyl groups excluding tert-OH is 1. The number of allylic oxidation sites excluding steroid dienone is 2. The number of primary amides is 1. The minimum atomic E-state index is -1.83. The number of carbonyl (C=O) groups excluding carboxylic acids is 16. The Bertz CT molecular complexity index is 4260. The van der Waals surface area contributed by atoms with Gasteiger partial charge in [0, 0.05) is 68.1 Å². The molecule has 0 aliphatic carbocycles. The molecule has 3 unspecified atom stereocenters. The maximum atomic E-state index is 15.2. The summed E-state index contributed by atoms with van der Waals surface area (Å²) in [6.45, 7) is 26.0. The maximum absolute atomic E-state index is 15.2. The molecule has 13 amide bonds. The molecule has 0 saturated heterocycles. The van der Waals surface area contributed by atoms with Gasteiger partial charge in [-0.25, -0.2) is 0 Å². The molecule has 122 heavy (non-hydrogen) atoms. The molecule has 4 rings (SSSR count). The molecule has 1 aromatic heterocycles. The molecule has 15 atom stereocenters. The molecule has 672 valence electrons. The third-order valence-corrected chi connectivity index (χ3v) is 21.0. The van der Waals surface area contributed by atoms with Crippen LogP contribution in [0.5, 0.6) is 5.75 Å². The van der Waals surface area contributed by atoms with Gasteiger partial charge in [0.2, 0.25) is 88.4 Å². The van der Waals surface area contributed by atoms with E-state index in [2.05, 4.69) is 87.1 Å². The number of aromatic hydroxyl groups is 1. The van der Waals surface area contributed by atoms with Gasteiger partial charge in [0.15, 0.2) is 5.78 Å². The van der Waals surface area contributed by atoms with Crippen LogP contribution in [0.15, 0.2) is 97.2 Å². The number of para-hydroxylation sites is 1. The monoisotopic (exact) mass is 1700 g/mol. The van der Waals surface area contributed by atoms with Crippen LogP contribution in [0.25, 0.3) is 10.9 Å². The number of amides is 13. The number of benzene rings is 3. The zero-order chi connectivity index (χ0) is 91.5. The van der Waals surface area contributed by atoms with Gasteiger partial charge in [-0.3, -0.25) is 76.7 Å². The van der Waals surface area contributed by atoms with Gasteiger partial charge >= 0.3 is 0 Å². The lowest BCUT2D eigenvalue weighted by Gasteiger charge is -2.33. The van der Waals surface area contributed by atoms with Crippen molar-refractivity contribution in [3.63, 3.8) is 0 Å². The largest absolute Gasteiger partial charge is 0.508 e. The fourth-order valence-corrected chi connectivity index (χ4v) is 13.4. The predicted octanol–water partition coefficient (Wildman–Crippen LogP) is 4.01. The second-order valence-electron chi connectivity index (χ2n) is 33.6. The Balaban J connectivity index is 1.59. The summed E-state index contributed by atoms with van der Waals surface area (Å²) in [5, 5.41) is 56.3. The zero-order valence-electron chi connectivity index (χ0n) is 73.8. The first kappa shape index (κ1) is 103. The molecule has 3 aromatic carbocycles. The number of ketones is 3. The molecular formula is C89H133N15O18. The van der Waals surface area contributed by atoms with Gasteiger partial charge in [-0.05, 0) is 167 Å². The molecule has 0 spiro atoms. The van der Waals surface area contributed by atoms with E-state index >= 15 is 14.4 Å². The van der Waals surface area contributed by atoms with Crippen LogP contribution in [0.4, 0.5) is 0 Å². The van der Waals surface area contributed by atoms with E-state index in [1.165, 1.54) is 100 Å². The summed E-state index contributed by atoms with van der Waals surface area (Å²) in [6.07, 6.45) is 10.0. The highest BCUT2D eigenvalue weighted by atomic mass is 16.3. The Hall–Kier alpha value is -11.2. The summed E-state index contributed by atoms with van der Waals surface area (Å²) < 4.78 is 0. The van der Waals surface area contributed by atoms with Crippen molar-refractivity contribution < 1.29 is 86.9 Å². The Labute approximate surface area is 716 Å². The molecule has 0 bridgehead atoms. The van der Waals surface area contributed by atoms with Crippen LogP contribution in [0.1, 0.15) is 211 Å². The fourth-order valence-electron chi connectivity index (χ4n) is 13.4. The van der Waals surface area contributed by atoms with E-state index in [0.29, 0.717) is 29.5 Å². The highest BCUT2D eigenvalue weighted by molar-refractivity contribution is 6.41. The van der Waals surface area contributed by atoms with Crippen molar-refractivity contribution in [3.05, 3.63) is 114 Å². The van der Waals surface area contributed by atoms with Gasteiger partial charge in [-0.2, -0.15) is 0 Å². The first-order chi connectivity index (χ1) is 57.3. The van der Waals surface area contributed by atoms with Crippen molar-refractivity contribution in [2.75, 3.05) is 6.54 Å². The molecule has 1 heterocycles. The van der Waals surface area contributed by atoms with Crippen molar-refractivity contribution in [3.8, 4) is 5.75 Å².